The predicted octanol–water partition coefficient (Wildman–Crippen LogP) is 1.73. The molecule has 1 aliphatic heterocycles. The highest BCUT2D eigenvalue weighted by Crippen LogP contribution is 2.30. The molecule has 0 aromatic heterocycles. The summed E-state index contributed by atoms with van der Waals surface area (Å²) in [4.78, 5) is 23.5. The Morgan fingerprint density at radius 1 is 1.44 bits per heavy atom. The van der Waals surface area contributed by atoms with Gasteiger partial charge < -0.3 is 10.1 Å². The van der Waals surface area contributed by atoms with Gasteiger partial charge in [-0.25, -0.2) is 0 Å². The topological polar surface area (TPSA) is 55.4 Å². The molecule has 5 heteroatoms. The van der Waals surface area contributed by atoms with E-state index in [-0.39, 0.29) is 18.4 Å². The number of carbonyl (C=O) groups is 2. The molecule has 1 unspecified atom stereocenters. The van der Waals surface area contributed by atoms with Crippen LogP contribution in [0.5, 0.6) is 0 Å². The Bertz CT molecular complexity index is 458. The van der Waals surface area contributed by atoms with Crippen LogP contribution in [0.1, 0.15) is 18.4 Å². The highest BCUT2D eigenvalue weighted by Gasteiger charge is 2.41. The van der Waals surface area contributed by atoms with Crippen LogP contribution in [-0.4, -0.2) is 25.0 Å². The Kier molecular flexibility index (Phi) is 3.87. The average Bonchev–Trinajstić information content (AvgIpc) is 2.72. The molecule has 1 saturated heterocycles. The number of hydrogen-bond acceptors (Lipinski definition) is 3. The first-order chi connectivity index (χ1) is 8.63. The lowest BCUT2D eigenvalue weighted by molar-refractivity contribution is -0.151. The van der Waals surface area contributed by atoms with Gasteiger partial charge in [0.1, 0.15) is 5.92 Å². The number of rotatable bonds is 3. The lowest BCUT2D eigenvalue weighted by Gasteiger charge is -2.15. The van der Waals surface area contributed by atoms with Crippen LogP contribution in [0.2, 0.25) is 5.02 Å². The molecule has 1 aromatic carbocycles. The van der Waals surface area contributed by atoms with Crippen molar-refractivity contribution in [2.45, 2.75) is 12.8 Å². The summed E-state index contributed by atoms with van der Waals surface area (Å²) in [7, 11) is 0. The summed E-state index contributed by atoms with van der Waals surface area (Å²) in [6.45, 7) is 2.45. The molecule has 0 spiro atoms. The monoisotopic (exact) mass is 267 g/mol. The molecule has 1 aromatic rings. The van der Waals surface area contributed by atoms with E-state index in [1.807, 2.05) is 12.1 Å². The third-order valence-electron chi connectivity index (χ3n) is 3.02. The quantitative estimate of drug-likeness (QED) is 0.670. The van der Waals surface area contributed by atoms with Crippen LogP contribution in [0, 0.1) is 5.92 Å². The van der Waals surface area contributed by atoms with E-state index in [0.717, 1.165) is 5.56 Å². The fourth-order valence-electron chi connectivity index (χ4n) is 2.14. The Labute approximate surface area is 110 Å². The van der Waals surface area contributed by atoms with Crippen molar-refractivity contribution in [1.82, 2.24) is 5.32 Å². The molecule has 96 valence electrons. The normalized spacial score (nSPS) is 22.7. The lowest BCUT2D eigenvalue weighted by atomic mass is 9.88. The van der Waals surface area contributed by atoms with Gasteiger partial charge in [0.05, 0.1) is 6.61 Å². The summed E-state index contributed by atoms with van der Waals surface area (Å²) in [6, 6.07) is 7.17. The number of hydrogen-bond donors (Lipinski definition) is 1. The Morgan fingerprint density at radius 3 is 2.72 bits per heavy atom. The zero-order valence-electron chi connectivity index (χ0n) is 9.98. The number of esters is 1. The molecule has 1 aliphatic rings. The summed E-state index contributed by atoms with van der Waals surface area (Å²) in [6.07, 6.45) is 0. The number of carbonyl (C=O) groups excluding carboxylic acids is 2. The van der Waals surface area contributed by atoms with Gasteiger partial charge in [-0.1, -0.05) is 23.7 Å². The second-order valence-corrected chi connectivity index (χ2v) is 4.57. The first kappa shape index (κ1) is 12.9. The Balaban J connectivity index is 2.23. The second-order valence-electron chi connectivity index (χ2n) is 4.13. The molecule has 2 rings (SSSR count). The van der Waals surface area contributed by atoms with Crippen LogP contribution in [0.3, 0.4) is 0 Å². The standard InChI is InChI=1S/C13H14ClNO3/c1-2-18-13(17)11-10(7-15-12(11)16)8-3-5-9(14)6-4-8/h3-6,10-11H,2,7H2,1H3,(H,15,16)/t10-,11?/m0/s1. The minimum absolute atomic E-state index is 0.186. The third-order valence-corrected chi connectivity index (χ3v) is 3.27. The van der Waals surface area contributed by atoms with Crippen molar-refractivity contribution in [2.75, 3.05) is 13.2 Å². The molecule has 18 heavy (non-hydrogen) atoms. The molecule has 4 nitrogen and oxygen atoms in total. The van der Waals surface area contributed by atoms with Gasteiger partial charge in [0.15, 0.2) is 0 Å². The Morgan fingerprint density at radius 2 is 2.11 bits per heavy atom. The summed E-state index contributed by atoms with van der Waals surface area (Å²) < 4.78 is 4.95. The Hall–Kier alpha value is -1.55. The highest BCUT2D eigenvalue weighted by atomic mass is 35.5. The fraction of sp³-hybridized carbons (Fsp3) is 0.385. The minimum atomic E-state index is -0.758. The summed E-state index contributed by atoms with van der Waals surface area (Å²) >= 11 is 5.82. The molecular weight excluding hydrogens is 254 g/mol. The van der Waals surface area contributed by atoms with E-state index in [2.05, 4.69) is 5.32 Å². The van der Waals surface area contributed by atoms with Crippen LogP contribution >= 0.6 is 11.6 Å². The van der Waals surface area contributed by atoms with E-state index in [4.69, 9.17) is 16.3 Å². The number of halogens is 1. The van der Waals surface area contributed by atoms with Gasteiger partial charge in [0.25, 0.3) is 0 Å². The van der Waals surface area contributed by atoms with Gasteiger partial charge in [-0.15, -0.1) is 0 Å². The van der Waals surface area contributed by atoms with Crippen LogP contribution in [-0.2, 0) is 14.3 Å². The molecular formula is C13H14ClNO3. The van der Waals surface area contributed by atoms with Crippen molar-refractivity contribution < 1.29 is 14.3 Å². The van der Waals surface area contributed by atoms with Crippen molar-refractivity contribution in [2.24, 2.45) is 5.92 Å². The molecule has 1 heterocycles. The van der Waals surface area contributed by atoms with Crippen LogP contribution in [0.4, 0.5) is 0 Å². The molecule has 1 fully saturated rings. The average molecular weight is 268 g/mol. The molecule has 0 bridgehead atoms. The highest BCUT2D eigenvalue weighted by molar-refractivity contribution is 6.30. The SMILES string of the molecule is CCOC(=O)C1C(=O)NC[C@H]1c1ccc(Cl)cc1. The van der Waals surface area contributed by atoms with E-state index < -0.39 is 11.9 Å². The van der Waals surface area contributed by atoms with Crippen molar-refractivity contribution in [3.05, 3.63) is 34.9 Å². The zero-order valence-corrected chi connectivity index (χ0v) is 10.7. The van der Waals surface area contributed by atoms with E-state index in [1.54, 1.807) is 19.1 Å². The summed E-state index contributed by atoms with van der Waals surface area (Å²) in [5.74, 6) is -1.68. The number of amides is 1. The van der Waals surface area contributed by atoms with Crippen molar-refractivity contribution >= 4 is 23.5 Å². The first-order valence-corrected chi connectivity index (χ1v) is 6.21. The van der Waals surface area contributed by atoms with Gasteiger partial charge in [0.2, 0.25) is 5.91 Å². The van der Waals surface area contributed by atoms with Gasteiger partial charge in [-0.05, 0) is 24.6 Å². The maximum absolute atomic E-state index is 11.8. The van der Waals surface area contributed by atoms with Crippen molar-refractivity contribution in [3.8, 4) is 0 Å². The zero-order chi connectivity index (χ0) is 13.1. The first-order valence-electron chi connectivity index (χ1n) is 5.83. The van der Waals surface area contributed by atoms with Gasteiger partial charge in [-0.2, -0.15) is 0 Å². The van der Waals surface area contributed by atoms with E-state index >= 15 is 0 Å². The summed E-state index contributed by atoms with van der Waals surface area (Å²) in [5.41, 5.74) is 0.913. The molecule has 0 saturated carbocycles. The van der Waals surface area contributed by atoms with Crippen LogP contribution in [0.15, 0.2) is 24.3 Å². The van der Waals surface area contributed by atoms with Crippen molar-refractivity contribution in [1.29, 1.82) is 0 Å². The molecule has 2 atom stereocenters. The van der Waals surface area contributed by atoms with Gasteiger partial charge in [-0.3, -0.25) is 9.59 Å². The maximum atomic E-state index is 11.8. The third kappa shape index (κ3) is 2.48. The van der Waals surface area contributed by atoms with Crippen LogP contribution in [0.25, 0.3) is 0 Å². The molecule has 0 radical (unpaired) electrons. The van der Waals surface area contributed by atoms with Gasteiger partial charge in [0, 0.05) is 17.5 Å². The molecule has 1 N–H and O–H groups in total. The lowest BCUT2D eigenvalue weighted by Crippen LogP contribution is -2.28. The molecule has 0 aliphatic carbocycles. The second kappa shape index (κ2) is 5.40. The van der Waals surface area contributed by atoms with E-state index in [1.165, 1.54) is 0 Å². The number of ether oxygens (including phenoxy) is 1. The number of nitrogens with one attached hydrogen (secondary N) is 1. The fourth-order valence-corrected chi connectivity index (χ4v) is 2.27. The predicted molar refractivity (Wildman–Crippen MR) is 67.3 cm³/mol. The molecule has 1 amide bonds. The van der Waals surface area contributed by atoms with Gasteiger partial charge >= 0.3 is 5.97 Å². The number of benzene rings is 1. The van der Waals surface area contributed by atoms with Crippen molar-refractivity contribution in [3.63, 3.8) is 0 Å². The van der Waals surface area contributed by atoms with Crippen LogP contribution < -0.4 is 5.32 Å². The smallest absolute Gasteiger partial charge is 0.319 e. The summed E-state index contributed by atoms with van der Waals surface area (Å²) in [5, 5.41) is 3.33. The minimum Gasteiger partial charge on any atom is -0.465 e. The van der Waals surface area contributed by atoms with E-state index in [0.29, 0.717) is 11.6 Å². The van der Waals surface area contributed by atoms with E-state index in [9.17, 15) is 9.59 Å². The maximum Gasteiger partial charge on any atom is 0.319 e. The largest absolute Gasteiger partial charge is 0.465 e.